The Labute approximate surface area is 74.7 Å². The molecule has 12 heavy (non-hydrogen) atoms. The molecular formula is C11H13P. The molecule has 0 bridgehead atoms. The van der Waals surface area contributed by atoms with E-state index < -0.39 is 0 Å². The SMILES string of the molecule is Cc1[pH]c2cccc(C)c2c1C. The van der Waals surface area contributed by atoms with Crippen LogP contribution in [-0.2, 0) is 0 Å². The van der Waals surface area contributed by atoms with Crippen molar-refractivity contribution in [2.75, 3.05) is 0 Å². The molecule has 1 atom stereocenters. The number of fused-ring (bicyclic) bond motifs is 1. The minimum Gasteiger partial charge on any atom is -0.128 e. The topological polar surface area (TPSA) is 0 Å². The molecule has 0 aliphatic rings. The average molecular weight is 176 g/mol. The molecule has 0 fully saturated rings. The lowest BCUT2D eigenvalue weighted by Crippen LogP contribution is -1.75. The van der Waals surface area contributed by atoms with Crippen LogP contribution in [0.2, 0.25) is 0 Å². The zero-order valence-corrected chi connectivity index (χ0v) is 8.73. The molecule has 0 aliphatic heterocycles. The molecule has 2 rings (SSSR count). The molecule has 1 heterocycles. The van der Waals surface area contributed by atoms with Crippen molar-refractivity contribution in [3.63, 3.8) is 0 Å². The molecule has 0 aliphatic carbocycles. The van der Waals surface area contributed by atoms with Crippen LogP contribution in [-0.4, -0.2) is 0 Å². The van der Waals surface area contributed by atoms with Crippen molar-refractivity contribution in [1.82, 2.24) is 0 Å². The number of rotatable bonds is 0. The molecule has 0 amide bonds. The lowest BCUT2D eigenvalue weighted by molar-refractivity contribution is 1.44. The summed E-state index contributed by atoms with van der Waals surface area (Å²) in [6.45, 7) is 6.68. The fraction of sp³-hybridized carbons (Fsp3) is 0.273. The summed E-state index contributed by atoms with van der Waals surface area (Å²) in [4.78, 5) is 0. The quantitative estimate of drug-likeness (QED) is 0.572. The lowest BCUT2D eigenvalue weighted by Gasteiger charge is -1.96. The van der Waals surface area contributed by atoms with Crippen molar-refractivity contribution in [3.8, 4) is 0 Å². The summed E-state index contributed by atoms with van der Waals surface area (Å²) in [5.41, 5.74) is 2.93. The van der Waals surface area contributed by atoms with Crippen LogP contribution < -0.4 is 0 Å². The second kappa shape index (κ2) is 2.64. The maximum absolute atomic E-state index is 2.25. The molecule has 1 aromatic heterocycles. The van der Waals surface area contributed by atoms with E-state index in [4.69, 9.17) is 0 Å². The molecule has 1 unspecified atom stereocenters. The Bertz CT molecular complexity index is 424. The Balaban J connectivity index is 2.97. The average Bonchev–Trinajstić information content (AvgIpc) is 2.29. The Morgan fingerprint density at radius 3 is 2.50 bits per heavy atom. The summed E-state index contributed by atoms with van der Waals surface area (Å²) in [7, 11) is 0.910. The van der Waals surface area contributed by atoms with Gasteiger partial charge < -0.3 is 0 Å². The van der Waals surface area contributed by atoms with Crippen LogP contribution >= 0.6 is 8.19 Å². The van der Waals surface area contributed by atoms with E-state index >= 15 is 0 Å². The zero-order valence-electron chi connectivity index (χ0n) is 7.73. The van der Waals surface area contributed by atoms with Gasteiger partial charge in [0, 0.05) is 0 Å². The van der Waals surface area contributed by atoms with Crippen LogP contribution in [0.1, 0.15) is 16.4 Å². The van der Waals surface area contributed by atoms with Gasteiger partial charge in [-0.05, 0) is 47.7 Å². The molecule has 0 radical (unpaired) electrons. The third kappa shape index (κ3) is 0.990. The maximum Gasteiger partial charge on any atom is -0.00102 e. The van der Waals surface area contributed by atoms with Crippen molar-refractivity contribution >= 4 is 18.7 Å². The summed E-state index contributed by atoms with van der Waals surface area (Å²) in [6, 6.07) is 6.61. The lowest BCUT2D eigenvalue weighted by atomic mass is 10.1. The number of hydrogen-bond acceptors (Lipinski definition) is 0. The summed E-state index contributed by atoms with van der Waals surface area (Å²) in [5, 5.41) is 4.60. The highest BCUT2D eigenvalue weighted by Crippen LogP contribution is 2.35. The first kappa shape index (κ1) is 7.89. The van der Waals surface area contributed by atoms with Gasteiger partial charge in [0.2, 0.25) is 0 Å². The standard InChI is InChI=1S/C11H13P/c1-7-5-4-6-10-11(7)8(2)9(3)12-10/h4-6,12H,1-3H3. The largest absolute Gasteiger partial charge is 0.128 e. The van der Waals surface area contributed by atoms with Gasteiger partial charge in [-0.3, -0.25) is 0 Å². The fourth-order valence-electron chi connectivity index (χ4n) is 1.75. The smallest absolute Gasteiger partial charge is 0.00102 e. The predicted octanol–water partition coefficient (Wildman–Crippen LogP) is 3.80. The number of aryl methyl sites for hydroxylation is 3. The summed E-state index contributed by atoms with van der Waals surface area (Å²) >= 11 is 0. The number of hydrogen-bond donors (Lipinski definition) is 0. The van der Waals surface area contributed by atoms with E-state index in [1.807, 2.05) is 0 Å². The van der Waals surface area contributed by atoms with E-state index in [-0.39, 0.29) is 0 Å². The van der Waals surface area contributed by atoms with E-state index in [2.05, 4.69) is 39.0 Å². The van der Waals surface area contributed by atoms with Crippen molar-refractivity contribution in [3.05, 3.63) is 34.6 Å². The Kier molecular flexibility index (Phi) is 1.73. The fourth-order valence-corrected chi connectivity index (χ4v) is 3.16. The Morgan fingerprint density at radius 2 is 1.83 bits per heavy atom. The monoisotopic (exact) mass is 176 g/mol. The second-order valence-corrected chi connectivity index (χ2v) is 4.91. The van der Waals surface area contributed by atoms with Crippen LogP contribution in [0.5, 0.6) is 0 Å². The third-order valence-corrected chi connectivity index (χ3v) is 3.97. The van der Waals surface area contributed by atoms with Crippen LogP contribution in [0.25, 0.3) is 10.5 Å². The van der Waals surface area contributed by atoms with Crippen LogP contribution in [0.3, 0.4) is 0 Å². The molecule has 2 aromatic rings. The first-order chi connectivity index (χ1) is 5.70. The molecule has 1 heteroatoms. The van der Waals surface area contributed by atoms with Gasteiger partial charge in [0.15, 0.2) is 0 Å². The summed E-state index contributed by atoms with van der Waals surface area (Å²) in [6.07, 6.45) is 0. The minimum absolute atomic E-state index is 0.910. The third-order valence-electron chi connectivity index (χ3n) is 2.53. The molecule has 0 spiro atoms. The normalized spacial score (nSPS) is 11.6. The molecule has 0 saturated heterocycles. The van der Waals surface area contributed by atoms with Gasteiger partial charge in [-0.2, -0.15) is 0 Å². The van der Waals surface area contributed by atoms with Gasteiger partial charge in [-0.15, -0.1) is 8.19 Å². The van der Waals surface area contributed by atoms with Gasteiger partial charge in [0.1, 0.15) is 0 Å². The van der Waals surface area contributed by atoms with E-state index in [0.29, 0.717) is 0 Å². The summed E-state index contributed by atoms with van der Waals surface area (Å²) < 4.78 is 0. The second-order valence-electron chi connectivity index (χ2n) is 3.37. The van der Waals surface area contributed by atoms with Gasteiger partial charge in [-0.1, -0.05) is 18.2 Å². The van der Waals surface area contributed by atoms with Crippen LogP contribution in [0, 0.1) is 20.8 Å². The Hall–Kier alpha value is -0.740. The van der Waals surface area contributed by atoms with E-state index in [1.165, 1.54) is 21.6 Å². The van der Waals surface area contributed by atoms with Crippen LogP contribution in [0.4, 0.5) is 0 Å². The molecule has 0 nitrogen and oxygen atoms in total. The molecule has 0 saturated carbocycles. The van der Waals surface area contributed by atoms with Crippen molar-refractivity contribution in [2.45, 2.75) is 20.8 Å². The summed E-state index contributed by atoms with van der Waals surface area (Å²) in [5.74, 6) is 0. The molecule has 0 N–H and O–H groups in total. The molecule has 1 aromatic carbocycles. The van der Waals surface area contributed by atoms with Crippen molar-refractivity contribution < 1.29 is 0 Å². The Morgan fingerprint density at radius 1 is 1.08 bits per heavy atom. The highest BCUT2D eigenvalue weighted by molar-refractivity contribution is 7.38. The highest BCUT2D eigenvalue weighted by atomic mass is 31.0. The first-order valence-electron chi connectivity index (χ1n) is 4.24. The highest BCUT2D eigenvalue weighted by Gasteiger charge is 2.04. The van der Waals surface area contributed by atoms with Crippen LogP contribution in [0.15, 0.2) is 18.2 Å². The van der Waals surface area contributed by atoms with E-state index in [1.54, 1.807) is 5.30 Å². The van der Waals surface area contributed by atoms with Gasteiger partial charge in [-0.25, -0.2) is 0 Å². The predicted molar refractivity (Wildman–Crippen MR) is 57.7 cm³/mol. The maximum atomic E-state index is 2.25. The minimum atomic E-state index is 0.910. The molecule has 62 valence electrons. The van der Waals surface area contributed by atoms with E-state index in [9.17, 15) is 0 Å². The number of benzene rings is 1. The van der Waals surface area contributed by atoms with Gasteiger partial charge >= 0.3 is 0 Å². The van der Waals surface area contributed by atoms with Gasteiger partial charge in [0.05, 0.1) is 0 Å². The van der Waals surface area contributed by atoms with Crippen molar-refractivity contribution in [1.29, 1.82) is 0 Å². The van der Waals surface area contributed by atoms with Gasteiger partial charge in [0.25, 0.3) is 0 Å². The molecular weight excluding hydrogens is 163 g/mol. The first-order valence-corrected chi connectivity index (χ1v) is 5.24. The zero-order chi connectivity index (χ0) is 8.72. The van der Waals surface area contributed by atoms with Crippen molar-refractivity contribution in [2.24, 2.45) is 0 Å². The van der Waals surface area contributed by atoms with E-state index in [0.717, 1.165) is 8.19 Å².